The van der Waals surface area contributed by atoms with Crippen LogP contribution in [0.2, 0.25) is 0 Å². The molecule has 1 N–H and O–H groups in total. The molecule has 2 aliphatic rings. The molecule has 156 valence electrons. The predicted octanol–water partition coefficient (Wildman–Crippen LogP) is 2.81. The minimum absolute atomic E-state index is 0.0928. The van der Waals surface area contributed by atoms with E-state index >= 15 is 0 Å². The molecule has 0 saturated carbocycles. The van der Waals surface area contributed by atoms with Crippen LogP contribution in [0.3, 0.4) is 0 Å². The van der Waals surface area contributed by atoms with E-state index < -0.39 is 15.4 Å². The Morgan fingerprint density at radius 3 is 2.77 bits per heavy atom. The van der Waals surface area contributed by atoms with Crippen molar-refractivity contribution >= 4 is 32.9 Å². The minimum Gasteiger partial charge on any atom is -0.450 e. The number of nitrogens with zero attached hydrogens (tertiary/aromatic N) is 3. The fraction of sp³-hybridized carbons (Fsp3) is 0.381. The average molecular weight is 426 g/mol. The van der Waals surface area contributed by atoms with E-state index in [-0.39, 0.29) is 16.6 Å². The summed E-state index contributed by atoms with van der Waals surface area (Å²) < 4.78 is 30.5. The molecular weight excluding hydrogens is 404 g/mol. The topological polar surface area (TPSA) is 105 Å². The number of benzene rings is 1. The Kier molecular flexibility index (Phi) is 4.32. The highest BCUT2D eigenvalue weighted by atomic mass is 32.2. The smallest absolute Gasteiger partial charge is 0.339 e. The fourth-order valence-electron chi connectivity index (χ4n) is 4.37. The van der Waals surface area contributed by atoms with Crippen molar-refractivity contribution in [2.24, 2.45) is 0 Å². The lowest BCUT2D eigenvalue weighted by Gasteiger charge is -2.38. The molecule has 2 aliphatic heterocycles. The maximum absolute atomic E-state index is 12.3. The normalized spacial score (nSPS) is 18.0. The number of anilines is 1. The number of aromatic amines is 1. The van der Waals surface area contributed by atoms with Crippen molar-refractivity contribution in [2.45, 2.75) is 36.7 Å². The number of esters is 1. The SMILES string of the molecule is CCCS(=O)(=O)c1cnc2nc(N3CCC4(CC3)OC(=O)c3ccccc34)[nH]c2c1. The molecule has 0 atom stereocenters. The van der Waals surface area contributed by atoms with Crippen LogP contribution in [-0.4, -0.2) is 48.2 Å². The molecule has 0 amide bonds. The maximum atomic E-state index is 12.3. The lowest BCUT2D eigenvalue weighted by molar-refractivity contribution is -0.0211. The lowest BCUT2D eigenvalue weighted by Crippen LogP contribution is -2.43. The van der Waals surface area contributed by atoms with E-state index in [1.54, 1.807) is 6.07 Å². The van der Waals surface area contributed by atoms with Crippen molar-refractivity contribution < 1.29 is 17.9 Å². The molecule has 0 aliphatic carbocycles. The molecule has 1 aromatic carbocycles. The van der Waals surface area contributed by atoms with Gasteiger partial charge in [-0.1, -0.05) is 25.1 Å². The van der Waals surface area contributed by atoms with Gasteiger partial charge in [0.2, 0.25) is 5.95 Å². The maximum Gasteiger partial charge on any atom is 0.339 e. The van der Waals surface area contributed by atoms with Crippen molar-refractivity contribution in [3.63, 3.8) is 0 Å². The van der Waals surface area contributed by atoms with Gasteiger partial charge in [-0.15, -0.1) is 0 Å². The molecule has 9 heteroatoms. The summed E-state index contributed by atoms with van der Waals surface area (Å²) in [4.78, 5) is 26.5. The number of piperidine rings is 1. The third kappa shape index (κ3) is 2.96. The van der Waals surface area contributed by atoms with Crippen molar-refractivity contribution in [3.8, 4) is 0 Å². The predicted molar refractivity (Wildman–Crippen MR) is 111 cm³/mol. The summed E-state index contributed by atoms with van der Waals surface area (Å²) in [6, 6.07) is 9.17. The van der Waals surface area contributed by atoms with Gasteiger partial charge in [0.25, 0.3) is 0 Å². The highest BCUT2D eigenvalue weighted by Crippen LogP contribution is 2.44. The van der Waals surface area contributed by atoms with Gasteiger partial charge >= 0.3 is 5.97 Å². The van der Waals surface area contributed by atoms with Gasteiger partial charge in [-0.3, -0.25) is 0 Å². The van der Waals surface area contributed by atoms with Gasteiger partial charge < -0.3 is 14.6 Å². The first-order valence-electron chi connectivity index (χ1n) is 10.1. The van der Waals surface area contributed by atoms with Crippen LogP contribution in [0, 0.1) is 0 Å². The third-order valence-corrected chi connectivity index (χ3v) is 7.82. The number of fused-ring (bicyclic) bond motifs is 3. The molecule has 8 nitrogen and oxygen atoms in total. The summed E-state index contributed by atoms with van der Waals surface area (Å²) in [7, 11) is -3.34. The number of H-pyrrole nitrogens is 1. The zero-order valence-corrected chi connectivity index (χ0v) is 17.4. The molecule has 3 aromatic rings. The Hall–Kier alpha value is -2.94. The molecule has 1 spiro atoms. The van der Waals surface area contributed by atoms with Gasteiger partial charge in [0.05, 0.1) is 21.7 Å². The largest absolute Gasteiger partial charge is 0.450 e. The van der Waals surface area contributed by atoms with Gasteiger partial charge in [-0.05, 0) is 18.6 Å². The van der Waals surface area contributed by atoms with E-state index in [1.165, 1.54) is 6.20 Å². The summed E-state index contributed by atoms with van der Waals surface area (Å²) in [5.74, 6) is 0.484. The number of carbonyl (C=O) groups is 1. The van der Waals surface area contributed by atoms with Crippen molar-refractivity contribution in [2.75, 3.05) is 23.7 Å². The van der Waals surface area contributed by atoms with E-state index in [0.29, 0.717) is 55.0 Å². The first-order valence-corrected chi connectivity index (χ1v) is 11.7. The summed E-state index contributed by atoms with van der Waals surface area (Å²) in [6.45, 7) is 3.14. The number of nitrogens with one attached hydrogen (secondary N) is 1. The summed E-state index contributed by atoms with van der Waals surface area (Å²) >= 11 is 0. The van der Waals surface area contributed by atoms with Gasteiger partial charge in [-0.2, -0.15) is 4.98 Å². The first kappa shape index (κ1) is 19.0. The van der Waals surface area contributed by atoms with Crippen LogP contribution in [0.25, 0.3) is 11.2 Å². The number of pyridine rings is 1. The molecule has 4 heterocycles. The van der Waals surface area contributed by atoms with Crippen LogP contribution in [0.1, 0.15) is 42.1 Å². The number of hydrogen-bond acceptors (Lipinski definition) is 7. The fourth-order valence-corrected chi connectivity index (χ4v) is 5.66. The molecule has 0 unspecified atom stereocenters. The zero-order chi connectivity index (χ0) is 20.9. The second kappa shape index (κ2) is 6.80. The number of imidazole rings is 1. The van der Waals surface area contributed by atoms with E-state index in [9.17, 15) is 13.2 Å². The van der Waals surface area contributed by atoms with Crippen LogP contribution in [0.4, 0.5) is 5.95 Å². The van der Waals surface area contributed by atoms with Crippen LogP contribution in [0.5, 0.6) is 0 Å². The third-order valence-electron chi connectivity index (χ3n) is 5.93. The summed E-state index contributed by atoms with van der Waals surface area (Å²) in [6.07, 6.45) is 3.25. The van der Waals surface area contributed by atoms with E-state index in [1.807, 2.05) is 31.2 Å². The van der Waals surface area contributed by atoms with Crippen molar-refractivity contribution in [1.29, 1.82) is 0 Å². The molecule has 0 radical (unpaired) electrons. The highest BCUT2D eigenvalue weighted by Gasteiger charge is 2.47. The van der Waals surface area contributed by atoms with Crippen LogP contribution < -0.4 is 4.90 Å². The Bertz CT molecular complexity index is 1240. The molecule has 5 rings (SSSR count). The van der Waals surface area contributed by atoms with Crippen LogP contribution in [-0.2, 0) is 20.2 Å². The minimum atomic E-state index is -3.34. The number of sulfone groups is 1. The number of rotatable bonds is 4. The monoisotopic (exact) mass is 426 g/mol. The second-order valence-corrected chi connectivity index (χ2v) is 9.95. The second-order valence-electron chi connectivity index (χ2n) is 7.84. The van der Waals surface area contributed by atoms with Crippen molar-refractivity contribution in [1.82, 2.24) is 15.0 Å². The molecule has 2 aromatic heterocycles. The Labute approximate surface area is 174 Å². The number of ether oxygens (including phenoxy) is 1. The average Bonchev–Trinajstić information content (AvgIpc) is 3.28. The zero-order valence-electron chi connectivity index (χ0n) is 16.6. The first-order chi connectivity index (χ1) is 14.4. The summed E-state index contributed by atoms with van der Waals surface area (Å²) in [5, 5.41) is 0. The standard InChI is InChI=1S/C21H22N4O4S/c1-2-11-30(27,28)14-12-17-18(22-13-14)24-20(23-17)25-9-7-21(8-10-25)16-6-4-3-5-15(16)19(26)29-21/h3-6,12-13H,2,7-11H2,1H3,(H,22,23,24). The number of aromatic nitrogens is 3. The van der Waals surface area contributed by atoms with Gasteiger partial charge in [0, 0.05) is 37.7 Å². The van der Waals surface area contributed by atoms with Gasteiger partial charge in [-0.25, -0.2) is 18.2 Å². The molecule has 30 heavy (non-hydrogen) atoms. The van der Waals surface area contributed by atoms with Crippen molar-refractivity contribution in [3.05, 3.63) is 47.7 Å². The number of hydrogen-bond donors (Lipinski definition) is 1. The van der Waals surface area contributed by atoms with E-state index in [4.69, 9.17) is 4.74 Å². The molecule has 0 bridgehead atoms. The Morgan fingerprint density at radius 2 is 2.00 bits per heavy atom. The van der Waals surface area contributed by atoms with Crippen LogP contribution in [0.15, 0.2) is 41.4 Å². The quantitative estimate of drug-likeness (QED) is 0.640. The molecular formula is C21H22N4O4S. The van der Waals surface area contributed by atoms with Gasteiger partial charge in [0.1, 0.15) is 5.60 Å². The summed E-state index contributed by atoms with van der Waals surface area (Å²) in [5.41, 5.74) is 2.13. The van der Waals surface area contributed by atoms with E-state index in [2.05, 4.69) is 19.9 Å². The number of carbonyl (C=O) groups excluding carboxylic acids is 1. The van der Waals surface area contributed by atoms with Gasteiger partial charge in [0.15, 0.2) is 15.5 Å². The Morgan fingerprint density at radius 1 is 1.23 bits per heavy atom. The molecule has 1 saturated heterocycles. The van der Waals surface area contributed by atoms with E-state index in [0.717, 1.165) is 5.56 Å². The molecule has 1 fully saturated rings. The lowest BCUT2D eigenvalue weighted by atomic mass is 9.84. The highest BCUT2D eigenvalue weighted by molar-refractivity contribution is 7.91. The van der Waals surface area contributed by atoms with Crippen LogP contribution >= 0.6 is 0 Å². The Balaban J connectivity index is 1.39.